The van der Waals surface area contributed by atoms with Crippen molar-refractivity contribution in [1.82, 2.24) is 4.98 Å². The largest absolute Gasteiger partial charge is 0.507 e. The summed E-state index contributed by atoms with van der Waals surface area (Å²) in [7, 11) is 1.24. The molecule has 1 aliphatic heterocycles. The van der Waals surface area contributed by atoms with Gasteiger partial charge in [0.05, 0.1) is 41.1 Å². The maximum atomic E-state index is 13.4. The van der Waals surface area contributed by atoms with E-state index in [1.54, 1.807) is 37.3 Å². The highest BCUT2D eigenvalue weighted by Gasteiger charge is 2.48. The van der Waals surface area contributed by atoms with Crippen LogP contribution in [0.2, 0.25) is 10.0 Å². The Bertz CT molecular complexity index is 1430. The molecule has 3 aromatic rings. The molecule has 1 amide bonds. The summed E-state index contributed by atoms with van der Waals surface area (Å²) in [6.07, 6.45) is 0.791. The lowest BCUT2D eigenvalue weighted by Gasteiger charge is -2.23. The number of aliphatic hydroxyl groups excluding tert-OH is 1. The third-order valence-electron chi connectivity index (χ3n) is 5.65. The summed E-state index contributed by atoms with van der Waals surface area (Å²) in [5.41, 5.74) is 0.883. The van der Waals surface area contributed by atoms with Gasteiger partial charge < -0.3 is 14.6 Å². The van der Waals surface area contributed by atoms with Gasteiger partial charge in [-0.15, -0.1) is 0 Å². The molecule has 0 saturated carbocycles. The van der Waals surface area contributed by atoms with Gasteiger partial charge in [0.2, 0.25) is 0 Å². The molecule has 1 atom stereocenters. The van der Waals surface area contributed by atoms with Crippen LogP contribution in [0.5, 0.6) is 5.75 Å². The maximum Gasteiger partial charge on any atom is 0.350 e. The van der Waals surface area contributed by atoms with E-state index in [1.165, 1.54) is 19.2 Å². The Morgan fingerprint density at radius 3 is 2.59 bits per heavy atom. The van der Waals surface area contributed by atoms with Crippen LogP contribution < -0.4 is 9.64 Å². The average Bonchev–Trinajstić information content (AvgIpc) is 3.40. The molecule has 37 heavy (non-hydrogen) atoms. The summed E-state index contributed by atoms with van der Waals surface area (Å²) in [6.45, 7) is 4.04. The van der Waals surface area contributed by atoms with Gasteiger partial charge in [-0.2, -0.15) is 0 Å². The van der Waals surface area contributed by atoms with E-state index in [4.69, 9.17) is 32.7 Å². The molecule has 1 N–H and O–H groups in total. The SMILES string of the molecule is CCCOc1cccc(/C(O)=C2\C(=O)C(=O)N(c3nc(C)c(C(=O)OC)s3)C2c2ccc(Cl)c(Cl)c2)c1. The standard InChI is InChI=1S/C26H22Cl2N2O6S/c1-4-10-36-16-7-5-6-15(11-16)21(31)19-20(14-8-9-17(27)18(28)12-14)30(24(33)22(19)32)26-29-13(2)23(37-26)25(34)35-3/h5-9,11-12,20,31H,4,10H2,1-3H3/b21-19+. The second-order valence-corrected chi connectivity index (χ2v) is 9.91. The van der Waals surface area contributed by atoms with E-state index in [-0.39, 0.29) is 31.4 Å². The van der Waals surface area contributed by atoms with Crippen molar-refractivity contribution in [2.45, 2.75) is 26.3 Å². The van der Waals surface area contributed by atoms with Crippen molar-refractivity contribution in [2.75, 3.05) is 18.6 Å². The van der Waals surface area contributed by atoms with Gasteiger partial charge in [0.1, 0.15) is 16.4 Å². The second kappa shape index (κ2) is 10.9. The Balaban J connectivity index is 1.92. The summed E-state index contributed by atoms with van der Waals surface area (Å²) >= 11 is 13.3. The van der Waals surface area contributed by atoms with Crippen molar-refractivity contribution in [3.8, 4) is 5.75 Å². The van der Waals surface area contributed by atoms with Gasteiger partial charge in [-0.25, -0.2) is 9.78 Å². The number of carbonyl (C=O) groups is 3. The lowest BCUT2D eigenvalue weighted by molar-refractivity contribution is -0.132. The number of aryl methyl sites for hydroxylation is 1. The Morgan fingerprint density at radius 2 is 1.92 bits per heavy atom. The number of nitrogens with zero attached hydrogens (tertiary/aromatic N) is 2. The average molecular weight is 561 g/mol. The topological polar surface area (TPSA) is 106 Å². The van der Waals surface area contributed by atoms with Crippen LogP contribution in [0.25, 0.3) is 5.76 Å². The summed E-state index contributed by atoms with van der Waals surface area (Å²) in [5.74, 6) is -2.33. The minimum Gasteiger partial charge on any atom is -0.507 e. The molecule has 1 aliphatic rings. The van der Waals surface area contributed by atoms with Crippen LogP contribution in [0.3, 0.4) is 0 Å². The van der Waals surface area contributed by atoms with Crippen LogP contribution in [0.1, 0.15) is 45.9 Å². The predicted octanol–water partition coefficient (Wildman–Crippen LogP) is 5.96. The molecular weight excluding hydrogens is 539 g/mol. The van der Waals surface area contributed by atoms with Crippen LogP contribution in [0.15, 0.2) is 48.0 Å². The Hall–Kier alpha value is -3.40. The first-order chi connectivity index (χ1) is 17.7. The third-order valence-corrected chi connectivity index (χ3v) is 7.52. The summed E-state index contributed by atoms with van der Waals surface area (Å²) in [5, 5.41) is 11.9. The molecule has 1 saturated heterocycles. The highest BCUT2D eigenvalue weighted by molar-refractivity contribution is 7.17. The van der Waals surface area contributed by atoms with Crippen LogP contribution in [-0.2, 0) is 14.3 Å². The molecule has 11 heteroatoms. The number of hydrogen-bond acceptors (Lipinski definition) is 8. The molecule has 0 radical (unpaired) electrons. The van der Waals surface area contributed by atoms with Crippen molar-refractivity contribution < 1.29 is 29.0 Å². The zero-order chi connectivity index (χ0) is 26.9. The zero-order valence-electron chi connectivity index (χ0n) is 20.1. The molecule has 0 spiro atoms. The predicted molar refractivity (Wildman–Crippen MR) is 142 cm³/mol. The van der Waals surface area contributed by atoms with Gasteiger partial charge in [0.15, 0.2) is 5.13 Å². The fraction of sp³-hybridized carbons (Fsp3) is 0.231. The lowest BCUT2D eigenvalue weighted by atomic mass is 9.95. The number of benzene rings is 2. The highest BCUT2D eigenvalue weighted by atomic mass is 35.5. The van der Waals surface area contributed by atoms with Crippen molar-refractivity contribution in [3.05, 3.63) is 79.8 Å². The zero-order valence-corrected chi connectivity index (χ0v) is 22.4. The molecular formula is C26H22Cl2N2O6S. The number of anilines is 1. The molecule has 0 bridgehead atoms. The Kier molecular flexibility index (Phi) is 7.87. The van der Waals surface area contributed by atoms with Gasteiger partial charge >= 0.3 is 11.9 Å². The number of ketones is 1. The van der Waals surface area contributed by atoms with E-state index in [2.05, 4.69) is 4.98 Å². The summed E-state index contributed by atoms with van der Waals surface area (Å²) < 4.78 is 10.5. The van der Waals surface area contributed by atoms with E-state index in [9.17, 15) is 19.5 Å². The number of Topliss-reactive ketones (excluding diaryl/α,β-unsaturated/α-hetero) is 1. The fourth-order valence-electron chi connectivity index (χ4n) is 3.90. The number of rotatable bonds is 7. The van der Waals surface area contributed by atoms with Crippen molar-refractivity contribution in [1.29, 1.82) is 0 Å². The minimum atomic E-state index is -1.09. The number of esters is 1. The smallest absolute Gasteiger partial charge is 0.350 e. The molecule has 1 unspecified atom stereocenters. The monoisotopic (exact) mass is 560 g/mol. The molecule has 192 valence electrons. The molecule has 2 aromatic carbocycles. The van der Waals surface area contributed by atoms with E-state index < -0.39 is 23.7 Å². The molecule has 1 fully saturated rings. The number of halogens is 2. The maximum absolute atomic E-state index is 13.4. The third kappa shape index (κ3) is 5.07. The molecule has 1 aromatic heterocycles. The van der Waals surface area contributed by atoms with Crippen LogP contribution in [0.4, 0.5) is 5.13 Å². The number of amides is 1. The normalized spacial score (nSPS) is 16.8. The van der Waals surface area contributed by atoms with Gasteiger partial charge in [0, 0.05) is 5.56 Å². The second-order valence-electron chi connectivity index (χ2n) is 8.12. The molecule has 2 heterocycles. The van der Waals surface area contributed by atoms with E-state index >= 15 is 0 Å². The van der Waals surface area contributed by atoms with Crippen molar-refractivity contribution >= 4 is 63.1 Å². The van der Waals surface area contributed by atoms with Crippen LogP contribution >= 0.6 is 34.5 Å². The summed E-state index contributed by atoms with van der Waals surface area (Å²) in [4.78, 5) is 44.6. The van der Waals surface area contributed by atoms with Gasteiger partial charge in [0.25, 0.3) is 5.78 Å². The number of carbonyl (C=O) groups excluding carboxylic acids is 3. The van der Waals surface area contributed by atoms with E-state index in [0.717, 1.165) is 22.7 Å². The minimum absolute atomic E-state index is 0.0927. The number of aliphatic hydroxyl groups is 1. The van der Waals surface area contributed by atoms with E-state index in [1.807, 2.05) is 6.92 Å². The van der Waals surface area contributed by atoms with Crippen LogP contribution in [-0.4, -0.2) is 41.5 Å². The fourth-order valence-corrected chi connectivity index (χ4v) is 5.22. The van der Waals surface area contributed by atoms with Gasteiger partial charge in [-0.1, -0.05) is 59.7 Å². The number of ether oxygens (including phenoxy) is 2. The number of aromatic nitrogens is 1. The summed E-state index contributed by atoms with van der Waals surface area (Å²) in [6, 6.07) is 10.2. The number of methoxy groups -OCH3 is 1. The Labute approximate surface area is 227 Å². The highest BCUT2D eigenvalue weighted by Crippen LogP contribution is 2.45. The van der Waals surface area contributed by atoms with Gasteiger partial charge in [-0.05, 0) is 43.2 Å². The first-order valence-corrected chi connectivity index (χ1v) is 12.8. The lowest BCUT2D eigenvalue weighted by Crippen LogP contribution is -2.29. The number of thiazole rings is 1. The van der Waals surface area contributed by atoms with Crippen molar-refractivity contribution in [2.24, 2.45) is 0 Å². The molecule has 4 rings (SSSR count). The van der Waals surface area contributed by atoms with Gasteiger partial charge in [-0.3, -0.25) is 14.5 Å². The quantitative estimate of drug-likeness (QED) is 0.164. The van der Waals surface area contributed by atoms with E-state index in [0.29, 0.717) is 29.2 Å². The van der Waals surface area contributed by atoms with Crippen LogP contribution in [0, 0.1) is 6.92 Å². The number of hydrogen-bond donors (Lipinski definition) is 1. The first kappa shape index (κ1) is 26.7. The first-order valence-electron chi connectivity index (χ1n) is 11.2. The molecule has 8 nitrogen and oxygen atoms in total. The van der Waals surface area contributed by atoms with Crippen molar-refractivity contribution in [3.63, 3.8) is 0 Å². The molecule has 0 aliphatic carbocycles. The Morgan fingerprint density at radius 1 is 1.16 bits per heavy atom.